The first-order valence-corrected chi connectivity index (χ1v) is 26.5. The van der Waals surface area contributed by atoms with Gasteiger partial charge < -0.3 is 14.2 Å². The largest absolute Gasteiger partial charge is 0.462 e. The van der Waals surface area contributed by atoms with E-state index in [0.717, 1.165) is 89.9 Å². The number of hydrogen-bond acceptors (Lipinski definition) is 6. The molecule has 0 radical (unpaired) electrons. The number of carbonyl (C=O) groups is 3. The van der Waals surface area contributed by atoms with Crippen molar-refractivity contribution in [1.82, 2.24) is 0 Å². The van der Waals surface area contributed by atoms with Gasteiger partial charge in [-0.3, -0.25) is 14.4 Å². The van der Waals surface area contributed by atoms with Gasteiger partial charge in [-0.25, -0.2) is 0 Å². The van der Waals surface area contributed by atoms with Crippen molar-refractivity contribution in [2.75, 3.05) is 13.2 Å². The summed E-state index contributed by atoms with van der Waals surface area (Å²) in [6.45, 7) is 6.60. The topological polar surface area (TPSA) is 78.9 Å². The van der Waals surface area contributed by atoms with E-state index in [4.69, 9.17) is 14.2 Å². The van der Waals surface area contributed by atoms with E-state index in [1.54, 1.807) is 0 Å². The summed E-state index contributed by atoms with van der Waals surface area (Å²) in [6, 6.07) is 0. The molecule has 6 nitrogen and oxygen atoms in total. The first-order chi connectivity index (χ1) is 30.0. The van der Waals surface area contributed by atoms with Crippen LogP contribution in [0.2, 0.25) is 0 Å². The normalized spacial score (nSPS) is 12.2. The number of unbranched alkanes of at least 4 members (excludes halogenated alkanes) is 31. The number of esters is 3. The molecule has 0 aromatic carbocycles. The second-order valence-corrected chi connectivity index (χ2v) is 17.8. The lowest BCUT2D eigenvalue weighted by molar-refractivity contribution is -0.167. The highest BCUT2D eigenvalue weighted by Gasteiger charge is 2.19. The minimum absolute atomic E-state index is 0.0775. The van der Waals surface area contributed by atoms with Crippen molar-refractivity contribution in [1.29, 1.82) is 0 Å². The Labute approximate surface area is 378 Å². The zero-order valence-electron chi connectivity index (χ0n) is 40.7. The van der Waals surface area contributed by atoms with Crippen molar-refractivity contribution in [3.63, 3.8) is 0 Å². The van der Waals surface area contributed by atoms with E-state index in [1.165, 1.54) is 148 Å². The van der Waals surface area contributed by atoms with Gasteiger partial charge in [0.2, 0.25) is 0 Å². The second kappa shape index (κ2) is 50.3. The number of carbonyl (C=O) groups excluding carboxylic acids is 3. The first kappa shape index (κ1) is 58.6. The Morgan fingerprint density at radius 1 is 0.328 bits per heavy atom. The lowest BCUT2D eigenvalue weighted by Crippen LogP contribution is -2.30. The lowest BCUT2D eigenvalue weighted by Gasteiger charge is -2.18. The van der Waals surface area contributed by atoms with Gasteiger partial charge in [-0.15, -0.1) is 0 Å². The maximum Gasteiger partial charge on any atom is 0.306 e. The van der Waals surface area contributed by atoms with Crippen LogP contribution in [0.25, 0.3) is 0 Å². The van der Waals surface area contributed by atoms with E-state index in [1.807, 2.05) is 0 Å². The van der Waals surface area contributed by atoms with Crippen LogP contribution in [0.1, 0.15) is 278 Å². The van der Waals surface area contributed by atoms with Gasteiger partial charge in [0.25, 0.3) is 0 Å². The molecule has 0 fully saturated rings. The predicted molar refractivity (Wildman–Crippen MR) is 261 cm³/mol. The molecule has 1 atom stereocenters. The average Bonchev–Trinajstić information content (AvgIpc) is 3.26. The SMILES string of the molecule is CCCC/C=C\C/C=C\CCCCCCCC(=O)OC(COC(=O)CCCCCCC/C=C\CCCCCCCCC)COC(=O)CCCCCCCCCCCCCCC. The Hall–Kier alpha value is -2.37. The van der Waals surface area contributed by atoms with E-state index >= 15 is 0 Å². The molecule has 0 heterocycles. The number of allylic oxidation sites excluding steroid dienone is 6. The third kappa shape index (κ3) is 48.5. The van der Waals surface area contributed by atoms with E-state index in [2.05, 4.69) is 57.2 Å². The molecule has 0 spiro atoms. The molecule has 0 saturated heterocycles. The fourth-order valence-corrected chi connectivity index (χ4v) is 7.57. The monoisotopic (exact) mass is 857 g/mol. The van der Waals surface area contributed by atoms with Crippen LogP contribution < -0.4 is 0 Å². The van der Waals surface area contributed by atoms with Crippen LogP contribution >= 0.6 is 0 Å². The van der Waals surface area contributed by atoms with E-state index in [-0.39, 0.29) is 31.1 Å². The molecule has 1 unspecified atom stereocenters. The summed E-state index contributed by atoms with van der Waals surface area (Å²) in [5, 5.41) is 0. The van der Waals surface area contributed by atoms with Crippen LogP contribution in [-0.2, 0) is 28.6 Å². The molecular weight excluding hydrogens is 757 g/mol. The van der Waals surface area contributed by atoms with Gasteiger partial charge in [-0.1, -0.05) is 224 Å². The highest BCUT2D eigenvalue weighted by Crippen LogP contribution is 2.15. The van der Waals surface area contributed by atoms with Crippen LogP contribution in [0.3, 0.4) is 0 Å². The van der Waals surface area contributed by atoms with E-state index < -0.39 is 6.10 Å². The highest BCUT2D eigenvalue weighted by molar-refractivity contribution is 5.71. The average molecular weight is 857 g/mol. The molecule has 0 saturated carbocycles. The maximum absolute atomic E-state index is 12.8. The van der Waals surface area contributed by atoms with Crippen LogP contribution in [0, 0.1) is 0 Å². The highest BCUT2D eigenvalue weighted by atomic mass is 16.6. The van der Waals surface area contributed by atoms with Crippen molar-refractivity contribution in [3.05, 3.63) is 36.5 Å². The summed E-state index contributed by atoms with van der Waals surface area (Å²) < 4.78 is 16.8. The Morgan fingerprint density at radius 2 is 0.607 bits per heavy atom. The molecule has 0 aromatic heterocycles. The minimum atomic E-state index is -0.779. The van der Waals surface area contributed by atoms with Gasteiger partial charge in [-0.2, -0.15) is 0 Å². The van der Waals surface area contributed by atoms with Gasteiger partial charge in [-0.05, 0) is 70.6 Å². The Morgan fingerprint density at radius 3 is 0.967 bits per heavy atom. The van der Waals surface area contributed by atoms with Gasteiger partial charge in [0.1, 0.15) is 13.2 Å². The molecule has 0 aliphatic carbocycles. The summed E-state index contributed by atoms with van der Waals surface area (Å²) in [5.74, 6) is -0.889. The van der Waals surface area contributed by atoms with Crippen LogP contribution in [-0.4, -0.2) is 37.2 Å². The van der Waals surface area contributed by atoms with Crippen LogP contribution in [0.5, 0.6) is 0 Å². The Balaban J connectivity index is 4.38. The van der Waals surface area contributed by atoms with Crippen molar-refractivity contribution in [2.45, 2.75) is 284 Å². The molecule has 61 heavy (non-hydrogen) atoms. The van der Waals surface area contributed by atoms with Gasteiger partial charge in [0, 0.05) is 19.3 Å². The first-order valence-electron chi connectivity index (χ1n) is 26.5. The number of rotatable bonds is 48. The van der Waals surface area contributed by atoms with Crippen molar-refractivity contribution < 1.29 is 28.6 Å². The second-order valence-electron chi connectivity index (χ2n) is 17.8. The van der Waals surface area contributed by atoms with Crippen molar-refractivity contribution in [2.24, 2.45) is 0 Å². The fraction of sp³-hybridized carbons (Fsp3) is 0.836. The standard InChI is InChI=1S/C55H100O6/c1-4-7-10-13-16-19-22-25-27-28-31-33-36-39-42-45-48-54(57)60-51-52(50-59-53(56)47-44-41-38-35-32-29-24-21-18-15-12-9-6-3)61-55(58)49-46-43-40-37-34-30-26-23-20-17-14-11-8-5-2/h14,17,23,26-28,52H,4-13,15-16,18-22,24-25,29-51H2,1-3H3/b17-14-,26-23-,28-27-. The molecule has 0 N–H and O–H groups in total. The van der Waals surface area contributed by atoms with Crippen molar-refractivity contribution in [3.8, 4) is 0 Å². The zero-order chi connectivity index (χ0) is 44.4. The molecular formula is C55H100O6. The zero-order valence-corrected chi connectivity index (χ0v) is 40.7. The molecule has 0 aromatic rings. The van der Waals surface area contributed by atoms with Crippen LogP contribution in [0.15, 0.2) is 36.5 Å². The molecule has 6 heteroatoms. The Kier molecular flexibility index (Phi) is 48.3. The smallest absolute Gasteiger partial charge is 0.306 e. The maximum atomic E-state index is 12.8. The van der Waals surface area contributed by atoms with Gasteiger partial charge in [0.15, 0.2) is 6.10 Å². The molecule has 0 bridgehead atoms. The van der Waals surface area contributed by atoms with Gasteiger partial charge >= 0.3 is 17.9 Å². The summed E-state index contributed by atoms with van der Waals surface area (Å²) in [6.07, 6.45) is 58.4. The third-order valence-electron chi connectivity index (χ3n) is 11.6. The molecule has 0 aliphatic rings. The third-order valence-corrected chi connectivity index (χ3v) is 11.6. The van der Waals surface area contributed by atoms with E-state index in [9.17, 15) is 14.4 Å². The molecule has 0 rings (SSSR count). The van der Waals surface area contributed by atoms with Gasteiger partial charge in [0.05, 0.1) is 0 Å². The summed E-state index contributed by atoms with van der Waals surface area (Å²) >= 11 is 0. The Bertz CT molecular complexity index is 1030. The van der Waals surface area contributed by atoms with E-state index in [0.29, 0.717) is 19.3 Å². The summed E-state index contributed by atoms with van der Waals surface area (Å²) in [4.78, 5) is 38.0. The summed E-state index contributed by atoms with van der Waals surface area (Å²) in [7, 11) is 0. The summed E-state index contributed by atoms with van der Waals surface area (Å²) in [5.41, 5.74) is 0. The molecule has 0 aliphatic heterocycles. The molecule has 0 amide bonds. The number of ether oxygens (including phenoxy) is 3. The lowest BCUT2D eigenvalue weighted by atomic mass is 10.0. The van der Waals surface area contributed by atoms with Crippen LogP contribution in [0.4, 0.5) is 0 Å². The predicted octanol–water partition coefficient (Wildman–Crippen LogP) is 17.3. The minimum Gasteiger partial charge on any atom is -0.462 e. The fourth-order valence-electron chi connectivity index (χ4n) is 7.57. The molecule has 356 valence electrons. The quantitative estimate of drug-likeness (QED) is 0.0262. The van der Waals surface area contributed by atoms with Crippen molar-refractivity contribution >= 4 is 17.9 Å². The number of hydrogen-bond donors (Lipinski definition) is 0.